The van der Waals surface area contributed by atoms with E-state index in [-0.39, 0.29) is 5.91 Å². The minimum atomic E-state index is -0.498. The van der Waals surface area contributed by atoms with E-state index in [0.29, 0.717) is 16.8 Å². The quantitative estimate of drug-likeness (QED) is 0.820. The Bertz CT molecular complexity index is 745. The molecule has 1 unspecified atom stereocenters. The van der Waals surface area contributed by atoms with Gasteiger partial charge in [0.2, 0.25) is 0 Å². The maximum absolute atomic E-state index is 12.6. The Morgan fingerprint density at radius 3 is 2.48 bits per heavy atom. The van der Waals surface area contributed by atoms with Crippen molar-refractivity contribution in [1.82, 2.24) is 10.6 Å². The van der Waals surface area contributed by atoms with E-state index < -0.39 is 17.4 Å². The lowest BCUT2D eigenvalue weighted by Gasteiger charge is -2.31. The Morgan fingerprint density at radius 1 is 1.22 bits per heavy atom. The Balaban J connectivity index is 2.23. The smallest absolute Gasteiger partial charge is 0.336 e. The van der Waals surface area contributed by atoms with Crippen LogP contribution in [0.25, 0.3) is 0 Å². The van der Waals surface area contributed by atoms with Gasteiger partial charge in [0.15, 0.2) is 0 Å². The topological polar surface area (TPSA) is 67.4 Å². The van der Waals surface area contributed by atoms with E-state index in [1.54, 1.807) is 0 Å². The second kappa shape index (κ2) is 5.26. The molecule has 0 saturated carbocycles. The maximum atomic E-state index is 12.6. The molecule has 3 rings (SSSR count). The molecule has 1 amide bonds. The summed E-state index contributed by atoms with van der Waals surface area (Å²) in [6, 6.07) is 9.57. The van der Waals surface area contributed by atoms with Gasteiger partial charge in [-0.1, -0.05) is 30.3 Å². The van der Waals surface area contributed by atoms with Crippen molar-refractivity contribution < 1.29 is 14.3 Å². The molecule has 0 bridgehead atoms. The van der Waals surface area contributed by atoms with Crippen LogP contribution in [0.1, 0.15) is 32.3 Å². The fraction of sp³-hybridized carbons (Fsp3) is 0.333. The molecule has 2 heterocycles. The molecule has 5 nitrogen and oxygen atoms in total. The molecule has 0 spiro atoms. The van der Waals surface area contributed by atoms with Gasteiger partial charge in [-0.15, -0.1) is 0 Å². The van der Waals surface area contributed by atoms with Crippen molar-refractivity contribution in [2.75, 3.05) is 7.11 Å². The molecule has 0 radical (unpaired) electrons. The second-order valence-corrected chi connectivity index (χ2v) is 6.37. The van der Waals surface area contributed by atoms with Gasteiger partial charge in [0.25, 0.3) is 5.91 Å². The van der Waals surface area contributed by atoms with Gasteiger partial charge >= 0.3 is 5.97 Å². The highest BCUT2D eigenvalue weighted by Crippen LogP contribution is 2.43. The monoisotopic (exact) mass is 312 g/mol. The first-order valence-electron chi connectivity index (χ1n) is 7.55. The van der Waals surface area contributed by atoms with Crippen LogP contribution in [0.2, 0.25) is 0 Å². The third kappa shape index (κ3) is 2.32. The molecular weight excluding hydrogens is 292 g/mol. The average Bonchev–Trinajstić information content (AvgIpc) is 2.75. The van der Waals surface area contributed by atoms with Crippen LogP contribution < -0.4 is 10.6 Å². The van der Waals surface area contributed by atoms with Gasteiger partial charge in [-0.3, -0.25) is 4.79 Å². The highest BCUT2D eigenvalue weighted by atomic mass is 16.5. The molecule has 2 aliphatic rings. The lowest BCUT2D eigenvalue weighted by Crippen LogP contribution is -2.42. The zero-order chi connectivity index (χ0) is 16.8. The first-order valence-corrected chi connectivity index (χ1v) is 7.55. The lowest BCUT2D eigenvalue weighted by molar-refractivity contribution is -0.136. The van der Waals surface area contributed by atoms with E-state index in [4.69, 9.17) is 4.74 Å². The Labute approximate surface area is 135 Å². The number of hydrogen-bond acceptors (Lipinski definition) is 4. The van der Waals surface area contributed by atoms with Crippen LogP contribution in [-0.2, 0) is 14.3 Å². The largest absolute Gasteiger partial charge is 0.466 e. The summed E-state index contributed by atoms with van der Waals surface area (Å²) in [6.07, 6.45) is 0. The van der Waals surface area contributed by atoms with Gasteiger partial charge < -0.3 is 15.4 Å². The van der Waals surface area contributed by atoms with Crippen molar-refractivity contribution in [2.24, 2.45) is 0 Å². The molecule has 2 aliphatic heterocycles. The summed E-state index contributed by atoms with van der Waals surface area (Å²) in [6.45, 7) is 5.72. The molecule has 120 valence electrons. The van der Waals surface area contributed by atoms with Crippen LogP contribution in [0.15, 0.2) is 52.9 Å². The molecule has 5 heteroatoms. The minimum Gasteiger partial charge on any atom is -0.466 e. The molecule has 1 aromatic rings. The number of benzene rings is 1. The van der Waals surface area contributed by atoms with Gasteiger partial charge in [0.1, 0.15) is 0 Å². The number of hydrogen-bond donors (Lipinski definition) is 2. The van der Waals surface area contributed by atoms with Crippen molar-refractivity contribution in [3.63, 3.8) is 0 Å². The van der Waals surface area contributed by atoms with Crippen molar-refractivity contribution in [3.05, 3.63) is 58.4 Å². The Morgan fingerprint density at radius 2 is 1.87 bits per heavy atom. The van der Waals surface area contributed by atoms with Crippen LogP contribution in [-0.4, -0.2) is 24.5 Å². The van der Waals surface area contributed by atoms with Crippen LogP contribution >= 0.6 is 0 Å². The number of rotatable bonds is 2. The molecule has 0 aliphatic carbocycles. The van der Waals surface area contributed by atoms with Gasteiger partial charge in [0.05, 0.1) is 35.4 Å². The van der Waals surface area contributed by atoms with E-state index in [1.165, 1.54) is 7.11 Å². The molecule has 0 fully saturated rings. The van der Waals surface area contributed by atoms with E-state index >= 15 is 0 Å². The van der Waals surface area contributed by atoms with Crippen LogP contribution in [0.4, 0.5) is 0 Å². The molecule has 23 heavy (non-hydrogen) atoms. The fourth-order valence-electron chi connectivity index (χ4n) is 3.34. The van der Waals surface area contributed by atoms with Crippen LogP contribution in [0.3, 0.4) is 0 Å². The number of ether oxygens (including phenoxy) is 1. The Hall–Kier alpha value is -2.56. The fourth-order valence-corrected chi connectivity index (χ4v) is 3.34. The average molecular weight is 312 g/mol. The summed E-state index contributed by atoms with van der Waals surface area (Å²) in [4.78, 5) is 24.9. The van der Waals surface area contributed by atoms with E-state index in [9.17, 15) is 9.59 Å². The van der Waals surface area contributed by atoms with Crippen LogP contribution in [0.5, 0.6) is 0 Å². The highest BCUT2D eigenvalue weighted by molar-refractivity contribution is 6.05. The zero-order valence-electron chi connectivity index (χ0n) is 13.7. The number of esters is 1. The number of allylic oxidation sites excluding steroid dienone is 1. The first-order chi connectivity index (χ1) is 10.9. The summed E-state index contributed by atoms with van der Waals surface area (Å²) in [5.74, 6) is -1.00. The zero-order valence-corrected chi connectivity index (χ0v) is 13.7. The maximum Gasteiger partial charge on any atom is 0.336 e. The summed E-state index contributed by atoms with van der Waals surface area (Å²) in [7, 11) is 1.35. The number of dihydropyridines is 1. The van der Waals surface area contributed by atoms with Gasteiger partial charge in [-0.2, -0.15) is 0 Å². The number of carbonyl (C=O) groups is 2. The molecule has 1 atom stereocenters. The van der Waals surface area contributed by atoms with Crippen molar-refractivity contribution in [1.29, 1.82) is 0 Å². The number of carbonyl (C=O) groups excluding carboxylic acids is 2. The van der Waals surface area contributed by atoms with Crippen molar-refractivity contribution in [2.45, 2.75) is 32.2 Å². The predicted molar refractivity (Wildman–Crippen MR) is 86.3 cm³/mol. The summed E-state index contributed by atoms with van der Waals surface area (Å²) in [5, 5.41) is 6.22. The van der Waals surface area contributed by atoms with Gasteiger partial charge in [0, 0.05) is 5.70 Å². The van der Waals surface area contributed by atoms with E-state index in [1.807, 2.05) is 51.1 Å². The molecule has 0 aromatic heterocycles. The lowest BCUT2D eigenvalue weighted by atomic mass is 9.79. The molecule has 1 aromatic carbocycles. The highest BCUT2D eigenvalue weighted by Gasteiger charge is 2.47. The van der Waals surface area contributed by atoms with Gasteiger partial charge in [-0.05, 0) is 26.3 Å². The Kier molecular flexibility index (Phi) is 3.51. The SMILES string of the molecule is COC(=O)C1=C(C)NC2=C(C(=O)NC2(C)C)C1c1ccccc1. The normalized spacial score (nSPS) is 22.4. The predicted octanol–water partition coefficient (Wildman–Crippen LogP) is 1.98. The third-order valence-electron chi connectivity index (χ3n) is 4.40. The molecular formula is C18H20N2O3. The molecule has 2 N–H and O–H groups in total. The minimum absolute atomic E-state index is 0.153. The summed E-state index contributed by atoms with van der Waals surface area (Å²) in [5.41, 5.74) is 3.00. The van der Waals surface area contributed by atoms with E-state index in [2.05, 4.69) is 10.6 Å². The van der Waals surface area contributed by atoms with Crippen LogP contribution in [0, 0.1) is 0 Å². The van der Waals surface area contributed by atoms with E-state index in [0.717, 1.165) is 11.3 Å². The first kappa shape index (κ1) is 15.3. The summed E-state index contributed by atoms with van der Waals surface area (Å²) >= 11 is 0. The summed E-state index contributed by atoms with van der Waals surface area (Å²) < 4.78 is 4.96. The van der Waals surface area contributed by atoms with Gasteiger partial charge in [-0.25, -0.2) is 4.79 Å². The number of amides is 1. The standard InChI is InChI=1S/C18H20N2O3/c1-10-12(17(22)23-4)13(11-8-6-5-7-9-11)14-15(19-10)18(2,3)20-16(14)21/h5-9,13,19H,1-4H3,(H,20,21). The third-order valence-corrected chi connectivity index (χ3v) is 4.40. The second-order valence-electron chi connectivity index (χ2n) is 6.37. The number of nitrogens with one attached hydrogen (secondary N) is 2. The molecule has 0 saturated heterocycles. The van der Waals surface area contributed by atoms with Crippen molar-refractivity contribution >= 4 is 11.9 Å². The number of methoxy groups -OCH3 is 1. The van der Waals surface area contributed by atoms with Crippen molar-refractivity contribution in [3.8, 4) is 0 Å².